The maximum Gasteiger partial charge on any atom is 0.335 e. The highest BCUT2D eigenvalue weighted by molar-refractivity contribution is 6.30. The van der Waals surface area contributed by atoms with Crippen LogP contribution in [0.5, 0.6) is 5.75 Å². The van der Waals surface area contributed by atoms with Crippen LogP contribution in [0.25, 0.3) is 10.8 Å². The van der Waals surface area contributed by atoms with Gasteiger partial charge in [-0.1, -0.05) is 48.5 Å². The average molecular weight is 577 g/mol. The number of barbiturate groups is 1. The monoisotopic (exact) mass is 576 g/mol. The van der Waals surface area contributed by atoms with Crippen molar-refractivity contribution < 1.29 is 19.1 Å². The van der Waals surface area contributed by atoms with Gasteiger partial charge in [0.1, 0.15) is 11.2 Å². The number of pyridine rings is 1. The van der Waals surface area contributed by atoms with Crippen LogP contribution < -0.4 is 20.5 Å². The van der Waals surface area contributed by atoms with Crippen LogP contribution in [0.4, 0.5) is 10.5 Å². The van der Waals surface area contributed by atoms with Crippen molar-refractivity contribution in [1.29, 1.82) is 0 Å². The lowest BCUT2D eigenvalue weighted by Crippen LogP contribution is -2.68. The minimum atomic E-state index is -1.57. The second-order valence-electron chi connectivity index (χ2n) is 11.9. The number of piperidine rings is 1. The van der Waals surface area contributed by atoms with Crippen molar-refractivity contribution in [2.24, 2.45) is 11.3 Å². The van der Waals surface area contributed by atoms with Gasteiger partial charge in [-0.25, -0.2) is 9.69 Å². The summed E-state index contributed by atoms with van der Waals surface area (Å²) in [4.78, 5) is 57.8. The first-order chi connectivity index (χ1) is 20.9. The van der Waals surface area contributed by atoms with Gasteiger partial charge in [-0.15, -0.1) is 0 Å². The minimum absolute atomic E-state index is 0.00329. The second-order valence-corrected chi connectivity index (χ2v) is 11.9. The van der Waals surface area contributed by atoms with E-state index >= 15 is 0 Å². The zero-order chi connectivity index (χ0) is 29.7. The lowest BCUT2D eigenvalue weighted by Gasteiger charge is -2.47. The molecule has 0 spiro atoms. The van der Waals surface area contributed by atoms with E-state index in [1.54, 1.807) is 43.5 Å². The fraction of sp³-hybridized carbons (Fsp3) is 0.294. The van der Waals surface area contributed by atoms with Crippen LogP contribution in [0.1, 0.15) is 23.6 Å². The third-order valence-corrected chi connectivity index (χ3v) is 9.22. The van der Waals surface area contributed by atoms with Crippen molar-refractivity contribution >= 4 is 34.3 Å². The summed E-state index contributed by atoms with van der Waals surface area (Å²) in [6.07, 6.45) is 1.08. The molecule has 0 unspecified atom stereocenters. The highest BCUT2D eigenvalue weighted by atomic mass is 16.5. The predicted molar refractivity (Wildman–Crippen MR) is 162 cm³/mol. The summed E-state index contributed by atoms with van der Waals surface area (Å²) in [5, 5.41) is 4.50. The second kappa shape index (κ2) is 10.5. The van der Waals surface area contributed by atoms with E-state index in [4.69, 9.17) is 4.74 Å². The van der Waals surface area contributed by atoms with Crippen molar-refractivity contribution in [3.05, 3.63) is 107 Å². The topological polar surface area (TPSA) is 101 Å². The molecule has 218 valence electrons. The summed E-state index contributed by atoms with van der Waals surface area (Å²) in [7, 11) is 1.55. The maximum atomic E-state index is 14.7. The number of nitrogens with one attached hydrogen (secondary N) is 1. The molecule has 2 bridgehead atoms. The number of fused-ring (bicyclic) bond motifs is 5. The highest BCUT2D eigenvalue weighted by Crippen LogP contribution is 2.40. The Morgan fingerprint density at radius 2 is 1.63 bits per heavy atom. The maximum absolute atomic E-state index is 14.7. The first-order valence-electron chi connectivity index (χ1n) is 14.6. The summed E-state index contributed by atoms with van der Waals surface area (Å²) >= 11 is 0. The first kappa shape index (κ1) is 27.1. The van der Waals surface area contributed by atoms with Gasteiger partial charge in [-0.2, -0.15) is 0 Å². The molecule has 3 aromatic carbocycles. The number of amides is 4. The summed E-state index contributed by atoms with van der Waals surface area (Å²) in [5.41, 5.74) is 0.649. The Bertz CT molecular complexity index is 1810. The van der Waals surface area contributed by atoms with Gasteiger partial charge >= 0.3 is 6.03 Å². The summed E-state index contributed by atoms with van der Waals surface area (Å²) in [6.45, 7) is 2.00. The van der Waals surface area contributed by atoms with Gasteiger partial charge in [0.2, 0.25) is 5.91 Å². The van der Waals surface area contributed by atoms with Crippen LogP contribution >= 0.6 is 0 Å². The molecule has 2 fully saturated rings. The predicted octanol–water partition coefficient (Wildman–Crippen LogP) is 3.94. The molecular formula is C34H32N4O5. The number of urea groups is 1. The number of nitrogens with zero attached hydrogens (tertiary/aromatic N) is 3. The van der Waals surface area contributed by atoms with Crippen LogP contribution in [0.15, 0.2) is 89.7 Å². The zero-order valence-electron chi connectivity index (χ0n) is 23.9. The normalized spacial score (nSPS) is 23.7. The lowest BCUT2D eigenvalue weighted by atomic mass is 9.75. The Balaban J connectivity index is 1.30. The van der Waals surface area contributed by atoms with Crippen LogP contribution in [0, 0.1) is 11.3 Å². The van der Waals surface area contributed by atoms with Gasteiger partial charge in [-0.3, -0.25) is 19.7 Å². The van der Waals surface area contributed by atoms with Gasteiger partial charge < -0.3 is 14.2 Å². The molecule has 0 radical (unpaired) electrons. The van der Waals surface area contributed by atoms with Crippen molar-refractivity contribution in [2.45, 2.75) is 25.3 Å². The minimum Gasteiger partial charge on any atom is -0.497 e. The third kappa shape index (κ3) is 4.60. The molecule has 3 aliphatic rings. The Morgan fingerprint density at radius 3 is 2.44 bits per heavy atom. The van der Waals surface area contributed by atoms with Crippen LogP contribution in [-0.4, -0.2) is 54.1 Å². The van der Waals surface area contributed by atoms with E-state index < -0.39 is 23.3 Å². The highest BCUT2D eigenvalue weighted by Gasteiger charge is 2.56. The van der Waals surface area contributed by atoms with Crippen LogP contribution in [-0.2, 0) is 22.6 Å². The number of carbonyl (C=O) groups is 3. The van der Waals surface area contributed by atoms with E-state index in [0.717, 1.165) is 33.4 Å². The van der Waals surface area contributed by atoms with E-state index in [0.29, 0.717) is 31.1 Å². The number of benzene rings is 3. The quantitative estimate of drug-likeness (QED) is 0.349. The number of hydrogen-bond acceptors (Lipinski definition) is 6. The molecule has 0 saturated carbocycles. The molecule has 9 heteroatoms. The van der Waals surface area contributed by atoms with Crippen molar-refractivity contribution in [3.8, 4) is 5.75 Å². The number of hydrogen-bond donors (Lipinski definition) is 1. The van der Waals surface area contributed by atoms with Crippen molar-refractivity contribution in [1.82, 2.24) is 14.8 Å². The van der Waals surface area contributed by atoms with Gasteiger partial charge in [0.25, 0.3) is 11.5 Å². The van der Waals surface area contributed by atoms with Crippen LogP contribution in [0.3, 0.4) is 0 Å². The number of anilines is 1. The number of likely N-dealkylation sites (tertiary alicyclic amines) is 1. The number of aromatic nitrogens is 1. The molecule has 9 nitrogen and oxygen atoms in total. The third-order valence-electron chi connectivity index (χ3n) is 9.22. The Hall–Kier alpha value is -4.76. The SMILES string of the molecule is COc1ccc(N2C(=O)NC(=O)[C@](Cc3cccc4ccccc34)(CN3C[C@@H]4C[C@@H](C3)c3cccc(=O)n3C4)C2=O)cc1. The summed E-state index contributed by atoms with van der Waals surface area (Å²) in [5.74, 6) is -0.232. The van der Waals surface area contributed by atoms with E-state index in [2.05, 4.69) is 10.2 Å². The molecule has 1 N–H and O–H groups in total. The zero-order valence-corrected chi connectivity index (χ0v) is 23.9. The number of rotatable bonds is 6. The fourth-order valence-corrected chi connectivity index (χ4v) is 7.27. The largest absolute Gasteiger partial charge is 0.497 e. The smallest absolute Gasteiger partial charge is 0.335 e. The van der Waals surface area contributed by atoms with Gasteiger partial charge in [0, 0.05) is 43.9 Å². The number of carbonyl (C=O) groups excluding carboxylic acids is 3. The average Bonchev–Trinajstić information content (AvgIpc) is 3.01. The summed E-state index contributed by atoms with van der Waals surface area (Å²) < 4.78 is 7.14. The van der Waals surface area contributed by atoms with Crippen LogP contribution in [0.2, 0.25) is 0 Å². The van der Waals surface area contributed by atoms with Gasteiger partial charge in [-0.05, 0) is 65.4 Å². The Labute approximate surface area is 248 Å². The molecule has 3 atom stereocenters. The number of ether oxygens (including phenoxy) is 1. The first-order valence-corrected chi connectivity index (χ1v) is 14.6. The molecule has 43 heavy (non-hydrogen) atoms. The molecule has 4 heterocycles. The molecule has 3 aliphatic heterocycles. The van der Waals surface area contributed by atoms with Crippen molar-refractivity contribution in [3.63, 3.8) is 0 Å². The molecule has 1 aromatic heterocycles. The van der Waals surface area contributed by atoms with Gasteiger partial charge in [0.05, 0.1) is 12.8 Å². The fourth-order valence-electron chi connectivity index (χ4n) is 7.27. The lowest BCUT2D eigenvalue weighted by molar-refractivity contribution is -0.144. The van der Waals surface area contributed by atoms with E-state index in [-0.39, 0.29) is 30.4 Å². The van der Waals surface area contributed by atoms with E-state index in [1.165, 1.54) is 0 Å². The van der Waals surface area contributed by atoms with Crippen molar-refractivity contribution in [2.75, 3.05) is 31.6 Å². The molecule has 7 rings (SSSR count). The summed E-state index contributed by atoms with van der Waals surface area (Å²) in [6, 6.07) is 25.1. The Kier molecular flexibility index (Phi) is 6.62. The molecule has 0 aliphatic carbocycles. The molecular weight excluding hydrogens is 544 g/mol. The molecule has 4 aromatic rings. The Morgan fingerprint density at radius 1 is 0.860 bits per heavy atom. The van der Waals surface area contributed by atoms with E-state index in [1.807, 2.05) is 53.1 Å². The standard InChI is InChI=1S/C34H32N4O5/c1-43-27-14-12-26(13-15-27)38-32(41)34(31(40)35-33(38)42,17-24-8-4-7-23-6-2-3-9-28(23)24)21-36-18-22-16-25(20-36)29-10-5-11-30(39)37(29)19-22/h2-15,22,25H,16-21H2,1H3,(H,35,40,42)/t22-,25-,34-/m0/s1. The number of imide groups is 2. The van der Waals surface area contributed by atoms with Gasteiger partial charge in [0.15, 0.2) is 0 Å². The number of methoxy groups -OCH3 is 1. The molecule has 2 saturated heterocycles. The molecule has 4 amide bonds. The van der Waals surface area contributed by atoms with E-state index in [9.17, 15) is 19.2 Å².